The molecule has 0 saturated carbocycles. The molecule has 0 bridgehead atoms. The monoisotopic (exact) mass is 230 g/mol. The van der Waals surface area contributed by atoms with Crippen LogP contribution in [0.5, 0.6) is 0 Å². The van der Waals surface area contributed by atoms with Crippen molar-refractivity contribution in [1.82, 2.24) is 9.80 Å². The van der Waals surface area contributed by atoms with E-state index >= 15 is 0 Å². The second-order valence-electron chi connectivity index (χ2n) is 4.91. The zero-order valence-corrected chi connectivity index (χ0v) is 11.3. The quantitative estimate of drug-likeness (QED) is 0.571. The molecule has 2 atom stereocenters. The lowest BCUT2D eigenvalue weighted by molar-refractivity contribution is 0.0592. The minimum absolute atomic E-state index is 0.707. The Labute approximate surface area is 100 Å². The molecule has 1 fully saturated rings. The molecule has 1 saturated heterocycles. The van der Waals surface area contributed by atoms with Crippen LogP contribution in [0, 0.1) is 0 Å². The molecule has 0 N–H and O–H groups in total. The molecule has 2 nitrogen and oxygen atoms in total. The van der Waals surface area contributed by atoms with E-state index in [2.05, 4.69) is 43.3 Å². The molecule has 1 rings (SSSR count). The number of nitrogens with zero attached hydrogens (tertiary/aromatic N) is 2. The Morgan fingerprint density at radius 2 is 1.67 bits per heavy atom. The minimum Gasteiger partial charge on any atom is -0.300 e. The number of thiol groups is 1. The van der Waals surface area contributed by atoms with Gasteiger partial charge in [0.2, 0.25) is 0 Å². The number of hydrogen-bond donors (Lipinski definition) is 1. The highest BCUT2D eigenvalue weighted by molar-refractivity contribution is 7.80. The predicted octanol–water partition coefficient (Wildman–Crippen LogP) is 2.11. The van der Waals surface area contributed by atoms with Gasteiger partial charge in [-0.05, 0) is 46.0 Å². The summed E-state index contributed by atoms with van der Waals surface area (Å²) in [6.45, 7) is 8.41. The zero-order valence-electron chi connectivity index (χ0n) is 10.4. The van der Waals surface area contributed by atoms with E-state index in [9.17, 15) is 0 Å². The van der Waals surface area contributed by atoms with Gasteiger partial charge in [-0.3, -0.25) is 4.90 Å². The number of likely N-dealkylation sites (N-methyl/N-ethyl adjacent to an activating group) is 1. The minimum atomic E-state index is 0.707. The number of rotatable bonds is 5. The Balaban J connectivity index is 2.20. The summed E-state index contributed by atoms with van der Waals surface area (Å²) in [6.07, 6.45) is 3.93. The highest BCUT2D eigenvalue weighted by Gasteiger charge is 2.25. The zero-order chi connectivity index (χ0) is 11.3. The molecule has 15 heavy (non-hydrogen) atoms. The molecule has 3 heteroatoms. The van der Waals surface area contributed by atoms with Crippen LogP contribution < -0.4 is 0 Å². The molecular weight excluding hydrogens is 204 g/mol. The fraction of sp³-hybridized carbons (Fsp3) is 1.00. The third-order valence-electron chi connectivity index (χ3n) is 3.57. The van der Waals surface area contributed by atoms with Gasteiger partial charge in [-0.1, -0.05) is 6.42 Å². The smallest absolute Gasteiger partial charge is 0.0195 e. The highest BCUT2D eigenvalue weighted by Crippen LogP contribution is 2.13. The van der Waals surface area contributed by atoms with Gasteiger partial charge in [0.1, 0.15) is 0 Å². The first-order valence-corrected chi connectivity index (χ1v) is 6.83. The van der Waals surface area contributed by atoms with Crippen molar-refractivity contribution in [1.29, 1.82) is 0 Å². The Morgan fingerprint density at radius 3 is 2.20 bits per heavy atom. The van der Waals surface area contributed by atoms with Gasteiger partial charge >= 0.3 is 0 Å². The molecule has 0 spiro atoms. The summed E-state index contributed by atoms with van der Waals surface area (Å²) in [5.41, 5.74) is 0. The van der Waals surface area contributed by atoms with Crippen LogP contribution >= 0.6 is 12.6 Å². The molecule has 0 aromatic carbocycles. The van der Waals surface area contributed by atoms with E-state index in [-0.39, 0.29) is 0 Å². The summed E-state index contributed by atoms with van der Waals surface area (Å²) in [4.78, 5) is 5.11. The maximum absolute atomic E-state index is 4.24. The maximum atomic E-state index is 4.24. The van der Waals surface area contributed by atoms with Gasteiger partial charge in [-0.2, -0.15) is 12.6 Å². The van der Waals surface area contributed by atoms with Crippen molar-refractivity contribution in [3.63, 3.8) is 0 Å². The normalized spacial score (nSPS) is 29.6. The summed E-state index contributed by atoms with van der Waals surface area (Å²) >= 11 is 4.24. The Kier molecular flexibility index (Phi) is 6.02. The van der Waals surface area contributed by atoms with Gasteiger partial charge in [0, 0.05) is 25.2 Å². The fourth-order valence-corrected chi connectivity index (χ4v) is 2.54. The predicted molar refractivity (Wildman–Crippen MR) is 70.8 cm³/mol. The van der Waals surface area contributed by atoms with E-state index < -0.39 is 0 Å². The molecule has 2 unspecified atom stereocenters. The molecule has 1 aliphatic rings. The molecule has 0 amide bonds. The second kappa shape index (κ2) is 6.77. The van der Waals surface area contributed by atoms with E-state index in [0.29, 0.717) is 12.1 Å². The van der Waals surface area contributed by atoms with Crippen molar-refractivity contribution in [3.8, 4) is 0 Å². The van der Waals surface area contributed by atoms with Gasteiger partial charge in [0.05, 0.1) is 0 Å². The standard InChI is InChI=1S/C12H26N2S/c1-11-9-14(7-5-4-6-8-15)10-12(2)13(11)3/h11-12,15H,4-10H2,1-3H3. The lowest BCUT2D eigenvalue weighted by atomic mass is 10.1. The van der Waals surface area contributed by atoms with Gasteiger partial charge in [-0.25, -0.2) is 0 Å². The van der Waals surface area contributed by atoms with Crippen LogP contribution in [0.15, 0.2) is 0 Å². The van der Waals surface area contributed by atoms with E-state index in [4.69, 9.17) is 0 Å². The molecule has 0 aliphatic carbocycles. The molecule has 0 aromatic rings. The van der Waals surface area contributed by atoms with E-state index in [1.54, 1.807) is 0 Å². The molecule has 90 valence electrons. The maximum Gasteiger partial charge on any atom is 0.0195 e. The van der Waals surface area contributed by atoms with Gasteiger partial charge in [0.25, 0.3) is 0 Å². The number of unbranched alkanes of at least 4 members (excludes halogenated alkanes) is 2. The average molecular weight is 230 g/mol. The Hall–Kier alpha value is 0.270. The molecular formula is C12H26N2S. The molecule has 0 aromatic heterocycles. The summed E-state index contributed by atoms with van der Waals surface area (Å²) in [6, 6.07) is 1.41. The largest absolute Gasteiger partial charge is 0.300 e. The lowest BCUT2D eigenvalue weighted by Gasteiger charge is -2.42. The van der Waals surface area contributed by atoms with Crippen LogP contribution in [0.3, 0.4) is 0 Å². The highest BCUT2D eigenvalue weighted by atomic mass is 32.1. The van der Waals surface area contributed by atoms with Crippen LogP contribution in [0.25, 0.3) is 0 Å². The second-order valence-corrected chi connectivity index (χ2v) is 5.35. The van der Waals surface area contributed by atoms with Crippen molar-refractivity contribution >= 4 is 12.6 Å². The van der Waals surface area contributed by atoms with Gasteiger partial charge in [-0.15, -0.1) is 0 Å². The lowest BCUT2D eigenvalue weighted by Crippen LogP contribution is -2.54. The first-order valence-electron chi connectivity index (χ1n) is 6.20. The molecule has 0 radical (unpaired) electrons. The van der Waals surface area contributed by atoms with Crippen molar-refractivity contribution in [2.45, 2.75) is 45.2 Å². The first-order chi connectivity index (χ1) is 7.15. The Bertz CT molecular complexity index is 163. The van der Waals surface area contributed by atoms with Crippen LogP contribution in [-0.4, -0.2) is 54.3 Å². The fourth-order valence-electron chi connectivity index (χ4n) is 2.32. The summed E-state index contributed by atoms with van der Waals surface area (Å²) in [5.74, 6) is 1.04. The van der Waals surface area contributed by atoms with Gasteiger partial charge in [0.15, 0.2) is 0 Å². The van der Waals surface area contributed by atoms with Crippen LogP contribution in [-0.2, 0) is 0 Å². The number of hydrogen-bond acceptors (Lipinski definition) is 3. The summed E-state index contributed by atoms with van der Waals surface area (Å²) in [5, 5.41) is 0. The SMILES string of the molecule is CC1CN(CCCCCS)CC(C)N1C. The van der Waals surface area contributed by atoms with Crippen LogP contribution in [0.2, 0.25) is 0 Å². The van der Waals surface area contributed by atoms with E-state index in [0.717, 1.165) is 5.75 Å². The first kappa shape index (κ1) is 13.3. The topological polar surface area (TPSA) is 6.48 Å². The van der Waals surface area contributed by atoms with E-state index in [1.165, 1.54) is 38.9 Å². The van der Waals surface area contributed by atoms with Crippen molar-refractivity contribution in [2.24, 2.45) is 0 Å². The van der Waals surface area contributed by atoms with Crippen LogP contribution in [0.1, 0.15) is 33.1 Å². The molecule has 1 aliphatic heterocycles. The molecule has 1 heterocycles. The van der Waals surface area contributed by atoms with Crippen molar-refractivity contribution in [3.05, 3.63) is 0 Å². The van der Waals surface area contributed by atoms with Crippen LogP contribution in [0.4, 0.5) is 0 Å². The van der Waals surface area contributed by atoms with E-state index in [1.807, 2.05) is 0 Å². The average Bonchev–Trinajstić information content (AvgIpc) is 2.21. The third-order valence-corrected chi connectivity index (χ3v) is 3.88. The summed E-state index contributed by atoms with van der Waals surface area (Å²) in [7, 11) is 2.24. The number of piperazine rings is 1. The third kappa shape index (κ3) is 4.33. The summed E-state index contributed by atoms with van der Waals surface area (Å²) < 4.78 is 0. The van der Waals surface area contributed by atoms with Crippen molar-refractivity contribution in [2.75, 3.05) is 32.4 Å². The van der Waals surface area contributed by atoms with Gasteiger partial charge < -0.3 is 4.90 Å². The Morgan fingerprint density at radius 1 is 1.07 bits per heavy atom. The van der Waals surface area contributed by atoms with Crippen molar-refractivity contribution < 1.29 is 0 Å².